The molecule has 0 saturated carbocycles. The zero-order chi connectivity index (χ0) is 21.0. The van der Waals surface area contributed by atoms with E-state index in [0.717, 1.165) is 5.69 Å². The summed E-state index contributed by atoms with van der Waals surface area (Å²) in [6.07, 6.45) is 4.95. The van der Waals surface area contributed by atoms with Gasteiger partial charge in [0.25, 0.3) is 0 Å². The number of imidazole rings is 1. The van der Waals surface area contributed by atoms with E-state index in [9.17, 15) is 0 Å². The molecule has 3 aromatic rings. The number of thiocarbonyl (C=S) groups is 1. The first-order valence-electron chi connectivity index (χ1n) is 9.12. The Balaban J connectivity index is 1.50. The van der Waals surface area contributed by atoms with Crippen molar-refractivity contribution in [3.63, 3.8) is 0 Å². The van der Waals surface area contributed by atoms with Gasteiger partial charge in [0.1, 0.15) is 18.5 Å². The van der Waals surface area contributed by atoms with E-state index in [1.54, 1.807) is 36.8 Å². The molecule has 1 aromatic heterocycles. The number of benzene rings is 2. The average Bonchev–Trinajstić information content (AvgIpc) is 3.38. The predicted octanol–water partition coefficient (Wildman–Crippen LogP) is 5.27. The van der Waals surface area contributed by atoms with Crippen molar-refractivity contribution < 1.29 is 14.2 Å². The summed E-state index contributed by atoms with van der Waals surface area (Å²) in [5.74, 6) is -0.382. The van der Waals surface area contributed by atoms with Crippen molar-refractivity contribution in [2.75, 3.05) is 13.2 Å². The Morgan fingerprint density at radius 1 is 1.27 bits per heavy atom. The van der Waals surface area contributed by atoms with Gasteiger partial charge >= 0.3 is 0 Å². The highest BCUT2D eigenvalue weighted by atomic mass is 35.5. The number of hydrogen-bond donors (Lipinski definition) is 0. The van der Waals surface area contributed by atoms with E-state index in [2.05, 4.69) is 27.4 Å². The van der Waals surface area contributed by atoms with Crippen molar-refractivity contribution in [2.24, 2.45) is 4.99 Å². The lowest BCUT2D eigenvalue weighted by molar-refractivity contribution is -0.189. The normalized spacial score (nSPS) is 20.7. The van der Waals surface area contributed by atoms with Gasteiger partial charge in [-0.15, -0.1) is 0 Å². The van der Waals surface area contributed by atoms with Gasteiger partial charge in [-0.3, -0.25) is 0 Å². The summed E-state index contributed by atoms with van der Waals surface area (Å²) in [5, 5.41) is 3.35. The van der Waals surface area contributed by atoms with Crippen molar-refractivity contribution in [3.8, 4) is 5.75 Å². The summed E-state index contributed by atoms with van der Waals surface area (Å²) in [6.45, 7) is 1.04. The summed E-state index contributed by atoms with van der Waals surface area (Å²) in [5.41, 5.74) is 1.42. The number of aromatic nitrogens is 2. The maximum absolute atomic E-state index is 6.48. The molecule has 0 radical (unpaired) electrons. The van der Waals surface area contributed by atoms with E-state index >= 15 is 0 Å². The van der Waals surface area contributed by atoms with Gasteiger partial charge in [0, 0.05) is 23.0 Å². The highest BCUT2D eigenvalue weighted by molar-refractivity contribution is 7.78. The number of aliphatic imine (C=N–C) groups is 1. The van der Waals surface area contributed by atoms with Crippen LogP contribution in [0.4, 0.5) is 5.69 Å². The predicted molar refractivity (Wildman–Crippen MR) is 118 cm³/mol. The first kappa shape index (κ1) is 21.0. The number of rotatable bonds is 7. The Morgan fingerprint density at radius 3 is 2.80 bits per heavy atom. The zero-order valence-corrected chi connectivity index (χ0v) is 18.0. The molecular formula is C21H17Cl2N3O3S. The van der Waals surface area contributed by atoms with Crippen LogP contribution in [0.15, 0.2) is 66.2 Å². The summed E-state index contributed by atoms with van der Waals surface area (Å²) < 4.78 is 20.3. The number of halogens is 2. The molecule has 2 aromatic carbocycles. The lowest BCUT2D eigenvalue weighted by atomic mass is 10.1. The standard InChI is InChI=1S/C21H17Cl2N3O3S/c22-15-1-6-19(20(23)9-15)21(12-26-8-7-24-13-26)28-11-18(29-21)10-27-17-4-2-16(3-5-17)25-14-30/h1-9,13,18H,10-12H2. The first-order valence-corrected chi connectivity index (χ1v) is 10.3. The SMILES string of the molecule is S=C=Nc1ccc(OCC2COC(Cn3ccnc3)(c3ccc(Cl)cc3Cl)O2)cc1. The summed E-state index contributed by atoms with van der Waals surface area (Å²) >= 11 is 17.2. The molecule has 30 heavy (non-hydrogen) atoms. The molecule has 2 atom stereocenters. The van der Waals surface area contributed by atoms with Gasteiger partial charge in [-0.25, -0.2) is 4.98 Å². The number of nitrogens with zero attached hydrogens (tertiary/aromatic N) is 3. The van der Waals surface area contributed by atoms with E-state index in [4.69, 9.17) is 37.4 Å². The molecule has 0 aliphatic carbocycles. The maximum atomic E-state index is 6.48. The largest absolute Gasteiger partial charge is 0.491 e. The topological polar surface area (TPSA) is 57.9 Å². The molecule has 2 unspecified atom stereocenters. The van der Waals surface area contributed by atoms with Crippen LogP contribution in [0.2, 0.25) is 10.0 Å². The second-order valence-electron chi connectivity index (χ2n) is 6.67. The van der Waals surface area contributed by atoms with Crippen molar-refractivity contribution in [2.45, 2.75) is 18.4 Å². The van der Waals surface area contributed by atoms with Crippen LogP contribution in [-0.4, -0.2) is 34.0 Å². The summed E-state index contributed by atoms with van der Waals surface area (Å²) in [4.78, 5) is 8.02. The minimum Gasteiger partial charge on any atom is -0.491 e. The molecule has 0 N–H and O–H groups in total. The summed E-state index contributed by atoms with van der Waals surface area (Å²) in [6, 6.07) is 12.5. The Hall–Kier alpha value is -2.25. The second-order valence-corrected chi connectivity index (χ2v) is 7.70. The van der Waals surface area contributed by atoms with Crippen molar-refractivity contribution in [1.29, 1.82) is 0 Å². The highest BCUT2D eigenvalue weighted by Gasteiger charge is 2.45. The minimum absolute atomic E-state index is 0.293. The Morgan fingerprint density at radius 2 is 2.10 bits per heavy atom. The molecule has 9 heteroatoms. The number of hydrogen-bond acceptors (Lipinski definition) is 6. The molecule has 2 heterocycles. The fraction of sp³-hybridized carbons (Fsp3) is 0.238. The molecule has 4 rings (SSSR count). The molecule has 154 valence electrons. The summed E-state index contributed by atoms with van der Waals surface area (Å²) in [7, 11) is 0. The van der Waals surface area contributed by atoms with E-state index in [0.29, 0.717) is 41.1 Å². The fourth-order valence-electron chi connectivity index (χ4n) is 3.23. The third kappa shape index (κ3) is 4.73. The van der Waals surface area contributed by atoms with Crippen molar-refractivity contribution in [1.82, 2.24) is 9.55 Å². The number of ether oxygens (including phenoxy) is 3. The van der Waals surface area contributed by atoms with Crippen LogP contribution in [0, 0.1) is 0 Å². The number of isothiocyanates is 1. The molecule has 1 aliphatic heterocycles. The van der Waals surface area contributed by atoms with Crippen LogP contribution >= 0.6 is 35.4 Å². The molecule has 0 amide bonds. The van der Waals surface area contributed by atoms with Gasteiger partial charge in [0.05, 0.1) is 35.4 Å². The maximum Gasteiger partial charge on any atom is 0.215 e. The van der Waals surface area contributed by atoms with Gasteiger partial charge in [0.15, 0.2) is 0 Å². The molecule has 1 aliphatic rings. The second kappa shape index (κ2) is 9.27. The fourth-order valence-corrected chi connectivity index (χ4v) is 3.89. The van der Waals surface area contributed by atoms with Crippen LogP contribution in [-0.2, 0) is 21.8 Å². The third-order valence-corrected chi connectivity index (χ3v) is 5.24. The van der Waals surface area contributed by atoms with Crippen molar-refractivity contribution in [3.05, 3.63) is 76.8 Å². The molecule has 0 bridgehead atoms. The van der Waals surface area contributed by atoms with E-state index in [1.807, 2.05) is 29.0 Å². The Labute approximate surface area is 189 Å². The van der Waals surface area contributed by atoms with Crippen molar-refractivity contribution >= 4 is 46.3 Å². The smallest absolute Gasteiger partial charge is 0.215 e. The highest BCUT2D eigenvalue weighted by Crippen LogP contribution is 2.40. The third-order valence-electron chi connectivity index (χ3n) is 4.60. The van der Waals surface area contributed by atoms with Gasteiger partial charge in [0.2, 0.25) is 5.79 Å². The molecule has 6 nitrogen and oxygen atoms in total. The van der Waals surface area contributed by atoms with Gasteiger partial charge in [-0.05, 0) is 48.6 Å². The monoisotopic (exact) mass is 461 g/mol. The molecule has 1 fully saturated rings. The van der Waals surface area contributed by atoms with E-state index in [-0.39, 0.29) is 6.10 Å². The quantitative estimate of drug-likeness (QED) is 0.354. The van der Waals surface area contributed by atoms with Gasteiger partial charge < -0.3 is 18.8 Å². The lowest BCUT2D eigenvalue weighted by Gasteiger charge is -2.30. The molecule has 1 saturated heterocycles. The van der Waals surface area contributed by atoms with Gasteiger partial charge in [-0.2, -0.15) is 4.99 Å². The van der Waals surface area contributed by atoms with E-state index in [1.165, 1.54) is 0 Å². The van der Waals surface area contributed by atoms with Crippen LogP contribution in [0.5, 0.6) is 5.75 Å². The van der Waals surface area contributed by atoms with Crippen LogP contribution in [0.1, 0.15) is 5.56 Å². The lowest BCUT2D eigenvalue weighted by Crippen LogP contribution is -2.34. The minimum atomic E-state index is -1.08. The van der Waals surface area contributed by atoms with Gasteiger partial charge in [-0.1, -0.05) is 29.3 Å². The first-order chi connectivity index (χ1) is 14.6. The molecule has 0 spiro atoms. The van der Waals surface area contributed by atoms with E-state index < -0.39 is 5.79 Å². The van der Waals surface area contributed by atoms with Crippen LogP contribution in [0.3, 0.4) is 0 Å². The zero-order valence-electron chi connectivity index (χ0n) is 15.7. The Bertz CT molecular complexity index is 1060. The molecular weight excluding hydrogens is 445 g/mol. The average molecular weight is 462 g/mol. The van der Waals surface area contributed by atoms with Crippen LogP contribution < -0.4 is 4.74 Å². The Kier molecular flexibility index (Phi) is 6.49. The van der Waals surface area contributed by atoms with Crippen LogP contribution in [0.25, 0.3) is 0 Å².